The number of aryl methyl sites for hydroxylation is 1. The summed E-state index contributed by atoms with van der Waals surface area (Å²) in [5.41, 5.74) is 1.85. The molecule has 3 aromatic carbocycles. The Hall–Kier alpha value is -2.73. The van der Waals surface area contributed by atoms with Crippen molar-refractivity contribution in [2.45, 2.75) is 13.3 Å². The van der Waals surface area contributed by atoms with Gasteiger partial charge in [0.25, 0.3) is 0 Å². The van der Waals surface area contributed by atoms with Gasteiger partial charge in [-0.3, -0.25) is 0 Å². The fourth-order valence-electron chi connectivity index (χ4n) is 2.54. The van der Waals surface area contributed by atoms with Gasteiger partial charge in [0.2, 0.25) is 0 Å². The van der Waals surface area contributed by atoms with Crippen LogP contribution in [0.1, 0.15) is 18.1 Å². The molecule has 3 rings (SSSR count). The van der Waals surface area contributed by atoms with Crippen LogP contribution in [0.2, 0.25) is 0 Å². The summed E-state index contributed by atoms with van der Waals surface area (Å²) in [5.74, 6) is -1.67. The molecule has 0 saturated heterocycles. The minimum atomic E-state index is -0.834. The van der Waals surface area contributed by atoms with E-state index in [9.17, 15) is 8.78 Å². The lowest BCUT2D eigenvalue weighted by Gasteiger charge is -2.07. The van der Waals surface area contributed by atoms with Crippen molar-refractivity contribution in [3.63, 3.8) is 0 Å². The van der Waals surface area contributed by atoms with Crippen molar-refractivity contribution in [3.05, 3.63) is 71.3 Å². The molecule has 0 aromatic heterocycles. The molecule has 0 amide bonds. The first-order valence-electron chi connectivity index (χ1n) is 7.04. The summed E-state index contributed by atoms with van der Waals surface area (Å²) in [7, 11) is 0. The summed E-state index contributed by atoms with van der Waals surface area (Å²) >= 11 is 0. The molecule has 0 unspecified atom stereocenters. The largest absolute Gasteiger partial charge is 0.205 e. The fraction of sp³-hybridized carbons (Fsp3) is 0.105. The molecule has 0 fully saturated rings. The van der Waals surface area contributed by atoms with Crippen LogP contribution in [-0.2, 0) is 6.42 Å². The van der Waals surface area contributed by atoms with Gasteiger partial charge in [-0.05, 0) is 52.1 Å². The van der Waals surface area contributed by atoms with Gasteiger partial charge in [-0.2, -0.15) is 5.26 Å². The molecular weight excluding hydrogens is 280 g/mol. The van der Waals surface area contributed by atoms with E-state index in [1.54, 1.807) is 0 Å². The van der Waals surface area contributed by atoms with Gasteiger partial charge in [0, 0.05) is 0 Å². The second kappa shape index (κ2) is 5.57. The summed E-state index contributed by atoms with van der Waals surface area (Å²) in [6, 6.07) is 15.8. The Labute approximate surface area is 127 Å². The third-order valence-electron chi connectivity index (χ3n) is 3.80. The zero-order chi connectivity index (χ0) is 15.7. The lowest BCUT2D eigenvalue weighted by Crippen LogP contribution is -1.92. The molecule has 0 bridgehead atoms. The zero-order valence-corrected chi connectivity index (χ0v) is 12.0. The minimum Gasteiger partial charge on any atom is -0.205 e. The number of benzene rings is 3. The predicted molar refractivity (Wildman–Crippen MR) is 83.4 cm³/mol. The van der Waals surface area contributed by atoms with E-state index in [4.69, 9.17) is 5.26 Å². The molecule has 0 aliphatic rings. The van der Waals surface area contributed by atoms with Crippen molar-refractivity contribution < 1.29 is 8.78 Å². The summed E-state index contributed by atoms with van der Waals surface area (Å²) in [4.78, 5) is 0. The smallest absolute Gasteiger partial charge is 0.144 e. The molecule has 0 atom stereocenters. The minimum absolute atomic E-state index is 0.426. The number of nitrogens with zero attached hydrogens (tertiary/aromatic N) is 1. The fourth-order valence-corrected chi connectivity index (χ4v) is 2.54. The van der Waals surface area contributed by atoms with Crippen molar-refractivity contribution in [2.24, 2.45) is 0 Å². The second-order valence-electron chi connectivity index (χ2n) is 5.18. The van der Waals surface area contributed by atoms with Crippen molar-refractivity contribution >= 4 is 10.8 Å². The number of halogens is 2. The van der Waals surface area contributed by atoms with Gasteiger partial charge in [-0.25, -0.2) is 8.78 Å². The summed E-state index contributed by atoms with van der Waals surface area (Å²) < 4.78 is 27.5. The maximum atomic E-state index is 13.7. The molecule has 3 aromatic rings. The quantitative estimate of drug-likeness (QED) is 0.635. The summed E-state index contributed by atoms with van der Waals surface area (Å²) in [5, 5.41) is 10.8. The Kier molecular flexibility index (Phi) is 3.60. The maximum Gasteiger partial charge on any atom is 0.144 e. The van der Waals surface area contributed by atoms with E-state index >= 15 is 0 Å². The van der Waals surface area contributed by atoms with Crippen molar-refractivity contribution in [1.29, 1.82) is 5.26 Å². The van der Waals surface area contributed by atoms with E-state index < -0.39 is 17.2 Å². The Morgan fingerprint density at radius 2 is 1.50 bits per heavy atom. The maximum absolute atomic E-state index is 13.7. The lowest BCUT2D eigenvalue weighted by molar-refractivity contribution is 0.577. The van der Waals surface area contributed by atoms with E-state index in [0.717, 1.165) is 22.8 Å². The van der Waals surface area contributed by atoms with Crippen LogP contribution in [0.5, 0.6) is 0 Å². The zero-order valence-electron chi connectivity index (χ0n) is 12.0. The topological polar surface area (TPSA) is 23.8 Å². The molecular formula is C19H13F2N. The molecule has 0 heterocycles. The van der Waals surface area contributed by atoms with Crippen LogP contribution in [0, 0.1) is 23.0 Å². The van der Waals surface area contributed by atoms with Gasteiger partial charge >= 0.3 is 0 Å². The molecule has 0 saturated carbocycles. The van der Waals surface area contributed by atoms with Crippen molar-refractivity contribution in [1.82, 2.24) is 0 Å². The number of nitriles is 1. The summed E-state index contributed by atoms with van der Waals surface area (Å²) in [6.45, 7) is 2.10. The van der Waals surface area contributed by atoms with Crippen LogP contribution in [0.15, 0.2) is 48.5 Å². The van der Waals surface area contributed by atoms with E-state index in [1.807, 2.05) is 30.3 Å². The highest BCUT2D eigenvalue weighted by Crippen LogP contribution is 2.28. The summed E-state index contributed by atoms with van der Waals surface area (Å²) in [6.07, 6.45) is 0.962. The average molecular weight is 293 g/mol. The number of rotatable bonds is 2. The molecule has 0 aliphatic heterocycles. The van der Waals surface area contributed by atoms with Crippen LogP contribution in [-0.4, -0.2) is 0 Å². The normalized spacial score (nSPS) is 10.6. The van der Waals surface area contributed by atoms with E-state index in [2.05, 4.69) is 13.0 Å². The molecule has 0 aliphatic carbocycles. The number of hydrogen-bond donors (Lipinski definition) is 0. The standard InChI is InChI=1S/C19H13F2N/c1-2-12-3-4-14-8-15(6-5-13(14)7-12)16-9-18(20)17(11-22)19(21)10-16/h3-10H,2H2,1H3. The van der Waals surface area contributed by atoms with E-state index in [0.29, 0.717) is 5.56 Å². The first-order chi connectivity index (χ1) is 10.6. The highest BCUT2D eigenvalue weighted by atomic mass is 19.1. The average Bonchev–Trinajstić information content (AvgIpc) is 2.53. The van der Waals surface area contributed by atoms with Gasteiger partial charge in [0.1, 0.15) is 23.3 Å². The lowest BCUT2D eigenvalue weighted by atomic mass is 9.98. The third kappa shape index (κ3) is 2.44. The highest BCUT2D eigenvalue weighted by Gasteiger charge is 2.12. The van der Waals surface area contributed by atoms with Crippen molar-refractivity contribution in [2.75, 3.05) is 0 Å². The van der Waals surface area contributed by atoms with Crippen molar-refractivity contribution in [3.8, 4) is 17.2 Å². The predicted octanol–water partition coefficient (Wildman–Crippen LogP) is 5.22. The third-order valence-corrected chi connectivity index (χ3v) is 3.80. The molecule has 22 heavy (non-hydrogen) atoms. The van der Waals surface area contributed by atoms with Gasteiger partial charge < -0.3 is 0 Å². The van der Waals surface area contributed by atoms with E-state index in [1.165, 1.54) is 23.8 Å². The van der Waals surface area contributed by atoms with Crippen LogP contribution in [0.4, 0.5) is 8.78 Å². The highest BCUT2D eigenvalue weighted by molar-refractivity contribution is 5.88. The van der Waals surface area contributed by atoms with Gasteiger partial charge in [0.15, 0.2) is 0 Å². The number of fused-ring (bicyclic) bond motifs is 1. The molecule has 3 heteroatoms. The molecule has 0 radical (unpaired) electrons. The van der Waals surface area contributed by atoms with Gasteiger partial charge in [-0.15, -0.1) is 0 Å². The molecule has 0 N–H and O–H groups in total. The van der Waals surface area contributed by atoms with Crippen LogP contribution in [0.3, 0.4) is 0 Å². The first-order valence-corrected chi connectivity index (χ1v) is 7.04. The molecule has 1 nitrogen and oxygen atoms in total. The molecule has 0 spiro atoms. The second-order valence-corrected chi connectivity index (χ2v) is 5.18. The van der Waals surface area contributed by atoms with Gasteiger partial charge in [0.05, 0.1) is 0 Å². The monoisotopic (exact) mass is 293 g/mol. The van der Waals surface area contributed by atoms with Crippen LogP contribution < -0.4 is 0 Å². The number of hydrogen-bond acceptors (Lipinski definition) is 1. The first kappa shape index (κ1) is 14.2. The molecule has 108 valence electrons. The van der Waals surface area contributed by atoms with Crippen LogP contribution >= 0.6 is 0 Å². The Bertz CT molecular complexity index is 884. The van der Waals surface area contributed by atoms with Crippen LogP contribution in [0.25, 0.3) is 21.9 Å². The van der Waals surface area contributed by atoms with E-state index in [-0.39, 0.29) is 0 Å². The Morgan fingerprint density at radius 3 is 2.14 bits per heavy atom. The van der Waals surface area contributed by atoms with Gasteiger partial charge in [-0.1, -0.05) is 37.3 Å². The Balaban J connectivity index is 2.13. The SMILES string of the molecule is CCc1ccc2cc(-c3cc(F)c(C#N)c(F)c3)ccc2c1. The Morgan fingerprint density at radius 1 is 0.864 bits per heavy atom.